The maximum absolute atomic E-state index is 13.4. The molecule has 21 heavy (non-hydrogen) atoms. The number of rotatable bonds is 5. The maximum atomic E-state index is 13.4. The van der Waals surface area contributed by atoms with Gasteiger partial charge in [-0.25, -0.2) is 17.9 Å². The lowest BCUT2D eigenvalue weighted by molar-refractivity contribution is -0.174. The molecule has 0 atom stereocenters. The minimum Gasteiger partial charge on any atom is -0.362 e. The molecular weight excluding hydrogens is 320 g/mol. The number of hydrogen-bond donors (Lipinski definition) is 2. The van der Waals surface area contributed by atoms with Crippen LogP contribution in [-0.4, -0.2) is 33.7 Å². The molecule has 0 spiro atoms. The molecule has 0 unspecified atom stereocenters. The highest BCUT2D eigenvalue weighted by molar-refractivity contribution is 7.89. The Morgan fingerprint density at radius 1 is 1.33 bits per heavy atom. The predicted octanol–water partition coefficient (Wildman–Crippen LogP) is 0.990. The third kappa shape index (κ3) is 6.06. The molecule has 0 saturated heterocycles. The fraction of sp³-hybridized carbons (Fsp3) is 0.300. The zero-order chi connectivity index (χ0) is 16.3. The molecule has 6 nitrogen and oxygen atoms in total. The van der Waals surface area contributed by atoms with Crippen molar-refractivity contribution < 1.29 is 35.5 Å². The van der Waals surface area contributed by atoms with Gasteiger partial charge in [0, 0.05) is 0 Å². The van der Waals surface area contributed by atoms with Gasteiger partial charge in [-0.1, -0.05) is 0 Å². The predicted molar refractivity (Wildman–Crippen MR) is 63.3 cm³/mol. The van der Waals surface area contributed by atoms with Gasteiger partial charge in [-0.05, 0) is 18.2 Å². The van der Waals surface area contributed by atoms with Crippen LogP contribution in [0.4, 0.5) is 23.2 Å². The zero-order valence-electron chi connectivity index (χ0n) is 10.3. The summed E-state index contributed by atoms with van der Waals surface area (Å²) in [5, 5.41) is 6.70. The number of halogens is 4. The average molecular weight is 330 g/mol. The van der Waals surface area contributed by atoms with Crippen LogP contribution in [0.2, 0.25) is 0 Å². The largest absolute Gasteiger partial charge is 0.411 e. The molecule has 3 N–H and O–H groups in total. The lowest BCUT2D eigenvalue weighted by Crippen LogP contribution is -2.24. The number of alkyl halides is 3. The van der Waals surface area contributed by atoms with Crippen LogP contribution in [-0.2, 0) is 19.6 Å². The fourth-order valence-corrected chi connectivity index (χ4v) is 1.76. The van der Waals surface area contributed by atoms with Gasteiger partial charge in [-0.15, -0.1) is 0 Å². The molecule has 1 aromatic rings. The fourth-order valence-electron chi connectivity index (χ4n) is 1.22. The summed E-state index contributed by atoms with van der Waals surface area (Å²) in [5.74, 6) is -2.06. The summed E-state index contributed by atoms with van der Waals surface area (Å²) < 4.78 is 74.9. The maximum Gasteiger partial charge on any atom is 0.411 e. The molecule has 11 heteroatoms. The molecule has 1 rings (SSSR count). The molecule has 0 aliphatic rings. The highest BCUT2D eigenvalue weighted by Crippen LogP contribution is 2.19. The van der Waals surface area contributed by atoms with Gasteiger partial charge in [0.05, 0.1) is 10.6 Å². The Labute approximate surface area is 116 Å². The van der Waals surface area contributed by atoms with Gasteiger partial charge in [0.25, 0.3) is 0 Å². The van der Waals surface area contributed by atoms with Gasteiger partial charge in [-0.3, -0.25) is 4.79 Å². The van der Waals surface area contributed by atoms with Gasteiger partial charge in [-0.2, -0.15) is 13.2 Å². The Hall–Kier alpha value is -1.72. The molecule has 1 aromatic carbocycles. The minimum absolute atomic E-state index is 0.463. The topological polar surface area (TPSA) is 98.5 Å². The molecule has 0 aromatic heterocycles. The number of primary sulfonamides is 1. The first-order valence-corrected chi connectivity index (χ1v) is 6.80. The zero-order valence-corrected chi connectivity index (χ0v) is 11.1. The van der Waals surface area contributed by atoms with Crippen LogP contribution in [0, 0.1) is 5.82 Å². The van der Waals surface area contributed by atoms with E-state index in [1.165, 1.54) is 0 Å². The van der Waals surface area contributed by atoms with Crippen molar-refractivity contribution in [3.05, 3.63) is 24.0 Å². The number of nitrogens with one attached hydrogen (secondary N) is 1. The van der Waals surface area contributed by atoms with Gasteiger partial charge < -0.3 is 10.1 Å². The molecule has 0 saturated carbocycles. The van der Waals surface area contributed by atoms with Crippen molar-refractivity contribution in [1.82, 2.24) is 0 Å². The molecular formula is C10H10F4N2O4S. The van der Waals surface area contributed by atoms with Crippen LogP contribution in [0.5, 0.6) is 0 Å². The van der Waals surface area contributed by atoms with Crippen molar-refractivity contribution in [3.63, 3.8) is 0 Å². The van der Waals surface area contributed by atoms with E-state index < -0.39 is 51.7 Å². The first-order chi connectivity index (χ1) is 9.49. The molecule has 0 bridgehead atoms. The van der Waals surface area contributed by atoms with E-state index in [1.807, 2.05) is 5.32 Å². The number of carbonyl (C=O) groups excluding carboxylic acids is 1. The van der Waals surface area contributed by atoms with Crippen molar-refractivity contribution in [3.8, 4) is 0 Å². The van der Waals surface area contributed by atoms with Crippen LogP contribution in [0.25, 0.3) is 0 Å². The van der Waals surface area contributed by atoms with Gasteiger partial charge in [0.1, 0.15) is 19.0 Å². The van der Waals surface area contributed by atoms with Crippen molar-refractivity contribution in [2.75, 3.05) is 18.5 Å². The number of benzene rings is 1. The van der Waals surface area contributed by atoms with Crippen LogP contribution >= 0.6 is 0 Å². The summed E-state index contributed by atoms with van der Waals surface area (Å²) in [6, 6.07) is 2.36. The van der Waals surface area contributed by atoms with E-state index in [0.29, 0.717) is 0 Å². The minimum atomic E-state index is -4.60. The van der Waals surface area contributed by atoms with Crippen molar-refractivity contribution in [2.24, 2.45) is 5.14 Å². The van der Waals surface area contributed by atoms with Gasteiger partial charge in [0.2, 0.25) is 15.9 Å². The van der Waals surface area contributed by atoms with Crippen LogP contribution in [0.15, 0.2) is 23.1 Å². The summed E-state index contributed by atoms with van der Waals surface area (Å²) in [6.07, 6.45) is -4.60. The molecule has 0 heterocycles. The summed E-state index contributed by atoms with van der Waals surface area (Å²) in [5.41, 5.74) is -0.540. The number of amides is 1. The number of ether oxygens (including phenoxy) is 1. The first-order valence-electron chi connectivity index (χ1n) is 5.26. The monoisotopic (exact) mass is 330 g/mol. The number of anilines is 1. The van der Waals surface area contributed by atoms with E-state index in [0.717, 1.165) is 18.2 Å². The van der Waals surface area contributed by atoms with Crippen LogP contribution in [0.1, 0.15) is 0 Å². The summed E-state index contributed by atoms with van der Waals surface area (Å²) >= 11 is 0. The molecule has 1 amide bonds. The van der Waals surface area contributed by atoms with Crippen molar-refractivity contribution >= 4 is 21.6 Å². The smallest absolute Gasteiger partial charge is 0.362 e. The SMILES string of the molecule is NS(=O)(=O)c1ccc(F)c(NC(=O)COCC(F)(F)F)c1. The van der Waals surface area contributed by atoms with E-state index in [2.05, 4.69) is 4.74 Å². The molecule has 0 fully saturated rings. The highest BCUT2D eigenvalue weighted by Gasteiger charge is 2.27. The first kappa shape index (κ1) is 17.3. The molecule has 118 valence electrons. The lowest BCUT2D eigenvalue weighted by Gasteiger charge is -2.09. The Morgan fingerprint density at radius 2 is 1.95 bits per heavy atom. The normalized spacial score (nSPS) is 12.2. The van der Waals surface area contributed by atoms with E-state index in [4.69, 9.17) is 5.14 Å². The van der Waals surface area contributed by atoms with Gasteiger partial charge >= 0.3 is 6.18 Å². The number of sulfonamides is 1. The summed E-state index contributed by atoms with van der Waals surface area (Å²) in [7, 11) is -4.11. The van der Waals surface area contributed by atoms with Crippen molar-refractivity contribution in [2.45, 2.75) is 11.1 Å². The molecule has 0 aliphatic heterocycles. The van der Waals surface area contributed by atoms with E-state index in [-0.39, 0.29) is 0 Å². The third-order valence-electron chi connectivity index (χ3n) is 2.04. The second kappa shape index (κ2) is 6.37. The second-order valence-electron chi connectivity index (χ2n) is 3.84. The van der Waals surface area contributed by atoms with E-state index in [9.17, 15) is 30.8 Å². The Morgan fingerprint density at radius 3 is 2.48 bits per heavy atom. The van der Waals surface area contributed by atoms with Crippen LogP contribution in [0.3, 0.4) is 0 Å². The van der Waals surface area contributed by atoms with E-state index in [1.54, 1.807) is 0 Å². The van der Waals surface area contributed by atoms with Crippen molar-refractivity contribution in [1.29, 1.82) is 0 Å². The Balaban J connectivity index is 2.72. The summed E-state index contributed by atoms with van der Waals surface area (Å²) in [6.45, 7) is -2.61. The second-order valence-corrected chi connectivity index (χ2v) is 5.40. The number of nitrogens with two attached hydrogens (primary N) is 1. The number of hydrogen-bond acceptors (Lipinski definition) is 4. The number of carbonyl (C=O) groups is 1. The molecule has 0 aliphatic carbocycles. The van der Waals surface area contributed by atoms with Gasteiger partial charge in [0.15, 0.2) is 0 Å². The van der Waals surface area contributed by atoms with Crippen LogP contribution < -0.4 is 10.5 Å². The lowest BCUT2D eigenvalue weighted by atomic mass is 10.3. The average Bonchev–Trinajstić information content (AvgIpc) is 2.28. The third-order valence-corrected chi connectivity index (χ3v) is 2.95. The highest BCUT2D eigenvalue weighted by atomic mass is 32.2. The molecule has 0 radical (unpaired) electrons. The standard InChI is InChI=1S/C10H10F4N2O4S/c11-7-2-1-6(21(15,18)19)3-8(7)16-9(17)4-20-5-10(12,13)14/h1-3H,4-5H2,(H,16,17)(H2,15,18,19). The Bertz CT molecular complexity index is 630. The Kier molecular flexibility index (Phi) is 5.25. The summed E-state index contributed by atoms with van der Waals surface area (Å²) in [4.78, 5) is 10.8. The quantitative estimate of drug-likeness (QED) is 0.787. The van der Waals surface area contributed by atoms with E-state index >= 15 is 0 Å².